The van der Waals surface area contributed by atoms with Gasteiger partial charge in [0.15, 0.2) is 0 Å². The van der Waals surface area contributed by atoms with Gasteiger partial charge in [-0.2, -0.15) is 0 Å². The number of phenols is 1. The fraction of sp³-hybridized carbons (Fsp3) is 0.364. The van der Waals surface area contributed by atoms with E-state index < -0.39 is 5.97 Å². The van der Waals surface area contributed by atoms with Crippen LogP contribution in [0.25, 0.3) is 0 Å². The van der Waals surface area contributed by atoms with Crippen molar-refractivity contribution in [2.45, 2.75) is 6.04 Å². The summed E-state index contributed by atoms with van der Waals surface area (Å²) in [6.45, 7) is 1.72. The van der Waals surface area contributed by atoms with Crippen LogP contribution in [-0.4, -0.2) is 35.9 Å². The summed E-state index contributed by atoms with van der Waals surface area (Å²) in [6.07, 6.45) is 0. The second kappa shape index (κ2) is 5.03. The normalized spacial score (nSPS) is 20.2. The number of hydrogen-bond donors (Lipinski definition) is 3. The molecule has 6 heteroatoms. The van der Waals surface area contributed by atoms with E-state index in [-0.39, 0.29) is 17.4 Å². The van der Waals surface area contributed by atoms with E-state index in [0.717, 1.165) is 0 Å². The number of aromatic hydroxyl groups is 1. The lowest BCUT2D eigenvalue weighted by atomic mass is 10.0. The van der Waals surface area contributed by atoms with Crippen LogP contribution in [0, 0.1) is 0 Å². The van der Waals surface area contributed by atoms with Gasteiger partial charge in [0, 0.05) is 12.1 Å². The van der Waals surface area contributed by atoms with Crippen LogP contribution in [0.5, 0.6) is 5.75 Å². The second-order valence-electron chi connectivity index (χ2n) is 3.78. The molecule has 92 valence electrons. The highest BCUT2D eigenvalue weighted by molar-refractivity contribution is 9.10. The van der Waals surface area contributed by atoms with Crippen molar-refractivity contribution in [2.75, 3.05) is 19.8 Å². The Morgan fingerprint density at radius 3 is 2.88 bits per heavy atom. The molecule has 0 radical (unpaired) electrons. The summed E-state index contributed by atoms with van der Waals surface area (Å²) < 4.78 is 5.67. The third kappa shape index (κ3) is 2.59. The zero-order valence-corrected chi connectivity index (χ0v) is 10.5. The number of rotatable bonds is 2. The van der Waals surface area contributed by atoms with Crippen molar-refractivity contribution in [3.63, 3.8) is 0 Å². The number of ether oxygens (including phenoxy) is 1. The largest absolute Gasteiger partial charge is 0.506 e. The molecule has 1 saturated heterocycles. The van der Waals surface area contributed by atoms with Crippen LogP contribution >= 0.6 is 15.9 Å². The van der Waals surface area contributed by atoms with Gasteiger partial charge >= 0.3 is 5.97 Å². The molecule has 17 heavy (non-hydrogen) atoms. The quantitative estimate of drug-likeness (QED) is 0.772. The number of nitrogens with one attached hydrogen (secondary N) is 1. The van der Waals surface area contributed by atoms with Gasteiger partial charge in [-0.15, -0.1) is 0 Å². The summed E-state index contributed by atoms with van der Waals surface area (Å²) in [5, 5.41) is 22.1. The lowest BCUT2D eigenvalue weighted by molar-refractivity contribution is 0.0692. The van der Waals surface area contributed by atoms with Crippen LogP contribution in [0.15, 0.2) is 16.6 Å². The van der Waals surface area contributed by atoms with Crippen molar-refractivity contribution in [1.29, 1.82) is 0 Å². The van der Waals surface area contributed by atoms with E-state index in [1.807, 2.05) is 0 Å². The van der Waals surface area contributed by atoms with Crippen molar-refractivity contribution >= 4 is 21.9 Å². The lowest BCUT2D eigenvalue weighted by Crippen LogP contribution is -2.34. The molecule has 0 spiro atoms. The number of morpholine rings is 1. The highest BCUT2D eigenvalue weighted by atomic mass is 79.9. The van der Waals surface area contributed by atoms with Crippen molar-refractivity contribution in [3.05, 3.63) is 27.7 Å². The van der Waals surface area contributed by atoms with E-state index in [2.05, 4.69) is 21.2 Å². The summed E-state index contributed by atoms with van der Waals surface area (Å²) >= 11 is 3.15. The Morgan fingerprint density at radius 2 is 2.29 bits per heavy atom. The van der Waals surface area contributed by atoms with Gasteiger partial charge in [0.2, 0.25) is 0 Å². The molecule has 3 N–H and O–H groups in total. The highest BCUT2D eigenvalue weighted by Crippen LogP contribution is 2.34. The number of benzene rings is 1. The van der Waals surface area contributed by atoms with E-state index in [9.17, 15) is 9.90 Å². The standard InChI is InChI=1S/C11H12BrNO4/c12-8-4-6(11(15)16)3-7(10(8)14)9-5-17-2-1-13-9/h3-4,9,13-14H,1-2,5H2,(H,15,16)/t9-/m0/s1. The molecule has 1 atom stereocenters. The van der Waals surface area contributed by atoms with Gasteiger partial charge in [0.1, 0.15) is 5.75 Å². The van der Waals surface area contributed by atoms with Crippen LogP contribution < -0.4 is 5.32 Å². The smallest absolute Gasteiger partial charge is 0.335 e. The zero-order chi connectivity index (χ0) is 12.4. The van der Waals surface area contributed by atoms with Crippen LogP contribution in [-0.2, 0) is 4.74 Å². The molecule has 1 aliphatic heterocycles. The Hall–Kier alpha value is -1.11. The summed E-state index contributed by atoms with van der Waals surface area (Å²) in [7, 11) is 0. The van der Waals surface area contributed by atoms with E-state index in [0.29, 0.717) is 29.8 Å². The minimum absolute atomic E-state index is 0.0537. The average molecular weight is 302 g/mol. The summed E-state index contributed by atoms with van der Waals surface area (Å²) in [4.78, 5) is 10.9. The van der Waals surface area contributed by atoms with Crippen molar-refractivity contribution in [2.24, 2.45) is 0 Å². The Morgan fingerprint density at radius 1 is 1.53 bits per heavy atom. The molecule has 1 fully saturated rings. The molecule has 0 unspecified atom stereocenters. The third-order valence-corrected chi connectivity index (χ3v) is 3.24. The van der Waals surface area contributed by atoms with Crippen molar-refractivity contribution in [1.82, 2.24) is 5.32 Å². The molecule has 1 aromatic carbocycles. The Bertz CT molecular complexity index is 443. The number of aromatic carboxylic acids is 1. The summed E-state index contributed by atoms with van der Waals surface area (Å²) in [5.74, 6) is -0.971. The molecule has 0 saturated carbocycles. The van der Waals surface area contributed by atoms with Gasteiger partial charge in [0.05, 0.1) is 29.3 Å². The van der Waals surface area contributed by atoms with E-state index in [1.54, 1.807) is 0 Å². The maximum absolute atomic E-state index is 10.9. The minimum Gasteiger partial charge on any atom is -0.506 e. The topological polar surface area (TPSA) is 78.8 Å². The highest BCUT2D eigenvalue weighted by Gasteiger charge is 2.22. The first kappa shape index (κ1) is 12.3. The molecule has 1 aliphatic rings. The maximum Gasteiger partial charge on any atom is 0.335 e. The number of carbonyl (C=O) groups is 1. The Kier molecular flexibility index (Phi) is 3.66. The first-order valence-electron chi connectivity index (χ1n) is 5.16. The lowest BCUT2D eigenvalue weighted by Gasteiger charge is -2.25. The number of phenolic OH excluding ortho intramolecular Hbond substituents is 1. The second-order valence-corrected chi connectivity index (χ2v) is 4.64. The van der Waals surface area contributed by atoms with Crippen LogP contribution in [0.1, 0.15) is 22.0 Å². The molecular weight excluding hydrogens is 290 g/mol. The van der Waals surface area contributed by atoms with E-state index in [1.165, 1.54) is 12.1 Å². The third-order valence-electron chi connectivity index (χ3n) is 2.64. The fourth-order valence-corrected chi connectivity index (χ4v) is 2.25. The van der Waals surface area contributed by atoms with Crippen molar-refractivity contribution in [3.8, 4) is 5.75 Å². The van der Waals surface area contributed by atoms with Gasteiger partial charge < -0.3 is 20.3 Å². The maximum atomic E-state index is 10.9. The first-order chi connectivity index (χ1) is 8.09. The van der Waals surface area contributed by atoms with Gasteiger partial charge in [-0.25, -0.2) is 4.79 Å². The molecule has 0 aromatic heterocycles. The first-order valence-corrected chi connectivity index (χ1v) is 5.95. The summed E-state index contributed by atoms with van der Waals surface area (Å²) in [6, 6.07) is 2.67. The average Bonchev–Trinajstić information content (AvgIpc) is 2.33. The molecule has 0 amide bonds. The number of carboxylic acids is 1. The number of hydrogen-bond acceptors (Lipinski definition) is 4. The predicted octanol–water partition coefficient (Wildman–Crippen LogP) is 1.51. The molecule has 5 nitrogen and oxygen atoms in total. The summed E-state index contributed by atoms with van der Waals surface area (Å²) in [5.41, 5.74) is 0.675. The van der Waals surface area contributed by atoms with Crippen LogP contribution in [0.2, 0.25) is 0 Å². The molecule has 0 aliphatic carbocycles. The van der Waals surface area contributed by atoms with Gasteiger partial charge in [-0.1, -0.05) is 0 Å². The van der Waals surface area contributed by atoms with E-state index >= 15 is 0 Å². The van der Waals surface area contributed by atoms with Crippen LogP contribution in [0.3, 0.4) is 0 Å². The molecule has 1 aromatic rings. The monoisotopic (exact) mass is 301 g/mol. The minimum atomic E-state index is -1.02. The van der Waals surface area contributed by atoms with E-state index in [4.69, 9.17) is 9.84 Å². The number of carboxylic acid groups (broad SMARTS) is 1. The van der Waals surface area contributed by atoms with Crippen LogP contribution in [0.4, 0.5) is 0 Å². The Balaban J connectivity index is 2.40. The Labute approximate surface area is 107 Å². The molecule has 1 heterocycles. The molecule has 0 bridgehead atoms. The predicted molar refractivity (Wildman–Crippen MR) is 64.3 cm³/mol. The number of halogens is 1. The van der Waals surface area contributed by atoms with Crippen molar-refractivity contribution < 1.29 is 19.7 Å². The fourth-order valence-electron chi connectivity index (χ4n) is 1.77. The van der Waals surface area contributed by atoms with Gasteiger partial charge in [-0.05, 0) is 28.1 Å². The zero-order valence-electron chi connectivity index (χ0n) is 8.94. The SMILES string of the molecule is O=C(O)c1cc(Br)c(O)c([C@@H]2COCCN2)c1. The molecule has 2 rings (SSSR count). The van der Waals surface area contributed by atoms with Gasteiger partial charge in [0.25, 0.3) is 0 Å². The van der Waals surface area contributed by atoms with Gasteiger partial charge in [-0.3, -0.25) is 0 Å². The molecular formula is C11H12BrNO4.